The Kier molecular flexibility index (Phi) is 19.3. The summed E-state index contributed by atoms with van der Waals surface area (Å²) < 4.78 is 39.2. The predicted octanol–water partition coefficient (Wildman–Crippen LogP) is 6.90. The molecule has 1 aliphatic carbocycles. The molecule has 1 aromatic heterocycles. The van der Waals surface area contributed by atoms with Gasteiger partial charge in [0.15, 0.2) is 0 Å². The number of piperidine rings is 1. The summed E-state index contributed by atoms with van der Waals surface area (Å²) in [6.45, 7) is 12.2. The van der Waals surface area contributed by atoms with E-state index in [1.807, 2.05) is 57.3 Å². The van der Waals surface area contributed by atoms with Crippen molar-refractivity contribution >= 4 is 34.3 Å². The van der Waals surface area contributed by atoms with E-state index in [-0.39, 0.29) is 62.2 Å². The Bertz CT molecular complexity index is 2130. The largest absolute Gasteiger partial charge is 0.488 e. The van der Waals surface area contributed by atoms with Gasteiger partial charge in [0.05, 0.1) is 24.4 Å². The second-order valence-electron chi connectivity index (χ2n) is 20.6. The molecule has 2 bridgehead atoms. The zero-order chi connectivity index (χ0) is 50.2. The minimum atomic E-state index is -2.52. The number of ether oxygens (including phenoxy) is 6. The van der Waals surface area contributed by atoms with E-state index in [1.54, 1.807) is 21.0 Å². The van der Waals surface area contributed by atoms with Crippen LogP contribution in [0.3, 0.4) is 0 Å². The van der Waals surface area contributed by atoms with Gasteiger partial charge in [-0.3, -0.25) is 14.4 Å². The van der Waals surface area contributed by atoms with Crippen molar-refractivity contribution in [3.05, 3.63) is 53.8 Å². The number of methoxy groups -OCH3 is 3. The van der Waals surface area contributed by atoms with Gasteiger partial charge < -0.3 is 53.2 Å². The number of nitrogens with zero attached hydrogens (tertiary/aromatic N) is 2. The average molecular weight is 965 g/mol. The highest BCUT2D eigenvalue weighted by atomic mass is 16.7. The second-order valence-corrected chi connectivity index (χ2v) is 20.6. The Balaban J connectivity index is 1.28. The smallest absolute Gasteiger partial charge is 0.329 e. The van der Waals surface area contributed by atoms with Crippen molar-refractivity contribution in [2.24, 2.45) is 29.6 Å². The molecular weight excluding hydrogens is 885 g/mol. The number of hydrogen-bond acceptors (Lipinski definition) is 13. The Morgan fingerprint density at radius 3 is 2.33 bits per heavy atom. The van der Waals surface area contributed by atoms with E-state index in [0.717, 1.165) is 35.2 Å². The number of esters is 1. The highest BCUT2D eigenvalue weighted by Gasteiger charge is 2.56. The van der Waals surface area contributed by atoms with Crippen LogP contribution in [0.4, 0.5) is 0 Å². The first kappa shape index (κ1) is 54.4. The number of aliphatic hydroxyl groups is 3. The molecule has 1 aromatic carbocycles. The molecule has 14 atom stereocenters. The van der Waals surface area contributed by atoms with Crippen LogP contribution in [0.15, 0.2) is 53.8 Å². The number of aliphatic hydroxyl groups excluding tert-OH is 2. The number of rotatable bonds is 11. The topological polar surface area (TPSA) is 193 Å². The van der Waals surface area contributed by atoms with Crippen molar-refractivity contribution in [1.82, 2.24) is 9.47 Å². The number of amides is 1. The number of cyclic esters (lactones) is 1. The highest BCUT2D eigenvalue weighted by molar-refractivity contribution is 6.39. The third-order valence-corrected chi connectivity index (χ3v) is 15.5. The van der Waals surface area contributed by atoms with Gasteiger partial charge in [-0.1, -0.05) is 45.4 Å². The third kappa shape index (κ3) is 12.8. The predicted molar refractivity (Wildman–Crippen MR) is 260 cm³/mol. The number of allylic oxidation sites excluding steroid dienone is 3. The van der Waals surface area contributed by atoms with Crippen LogP contribution in [0.2, 0.25) is 0 Å². The highest BCUT2D eigenvalue weighted by Crippen LogP contribution is 2.40. The van der Waals surface area contributed by atoms with Gasteiger partial charge in [0.2, 0.25) is 5.79 Å². The molecule has 0 spiro atoms. The lowest BCUT2D eigenvalue weighted by Gasteiger charge is -2.47. The van der Waals surface area contributed by atoms with E-state index in [2.05, 4.69) is 17.6 Å². The van der Waals surface area contributed by atoms with Gasteiger partial charge >= 0.3 is 5.97 Å². The summed E-state index contributed by atoms with van der Waals surface area (Å²) in [6.07, 6.45) is 7.09. The minimum absolute atomic E-state index is 0.00419. The Morgan fingerprint density at radius 1 is 0.913 bits per heavy atom. The number of carbonyl (C=O) groups excluding carboxylic acids is 4. The van der Waals surface area contributed by atoms with Gasteiger partial charge in [-0.05, 0) is 126 Å². The molecule has 0 radical (unpaired) electrons. The van der Waals surface area contributed by atoms with E-state index >= 15 is 0 Å². The number of aromatic nitrogens is 1. The van der Waals surface area contributed by atoms with Gasteiger partial charge in [-0.2, -0.15) is 0 Å². The van der Waals surface area contributed by atoms with Crippen molar-refractivity contribution in [3.8, 4) is 5.75 Å². The van der Waals surface area contributed by atoms with Gasteiger partial charge in [-0.15, -0.1) is 0 Å². The zero-order valence-electron chi connectivity index (χ0n) is 42.5. The SMILES string of the molecule is CCC1/C=C(\C)CC(C)CC(OC)C2OC(O)(C(=O)C(=O)N3CCCCC3C(=O)OC(C(C)=CC3CCC(Oc4ccc5c(ccn5CCCO)c4)C(OC)C3)C(C)C(O)CC1=O)C(C)CC2OC. The van der Waals surface area contributed by atoms with Gasteiger partial charge in [0.25, 0.3) is 11.7 Å². The number of benzene rings is 1. The van der Waals surface area contributed by atoms with E-state index in [0.29, 0.717) is 56.9 Å². The molecule has 69 heavy (non-hydrogen) atoms. The number of ketones is 2. The normalized spacial score (nSPS) is 36.0. The summed E-state index contributed by atoms with van der Waals surface area (Å²) in [6, 6.07) is 6.91. The summed E-state index contributed by atoms with van der Waals surface area (Å²) >= 11 is 0. The van der Waals surface area contributed by atoms with Gasteiger partial charge in [-0.25, -0.2) is 4.79 Å². The van der Waals surface area contributed by atoms with Crippen molar-refractivity contribution in [1.29, 1.82) is 0 Å². The number of aryl methyl sites for hydroxylation is 1. The first-order chi connectivity index (χ1) is 33.0. The Hall–Kier alpha value is -3.96. The molecule has 15 heteroatoms. The number of hydrogen-bond donors (Lipinski definition) is 3. The lowest BCUT2D eigenvalue weighted by atomic mass is 9.81. The Morgan fingerprint density at radius 2 is 1.64 bits per heavy atom. The zero-order valence-corrected chi connectivity index (χ0v) is 42.5. The van der Waals surface area contributed by atoms with Crippen LogP contribution in [-0.2, 0) is 49.4 Å². The average Bonchev–Trinajstić information content (AvgIpc) is 3.75. The molecule has 4 aliphatic rings. The van der Waals surface area contributed by atoms with E-state index in [9.17, 15) is 34.5 Å². The van der Waals surface area contributed by atoms with Crippen LogP contribution >= 0.6 is 0 Å². The maximum Gasteiger partial charge on any atom is 0.329 e. The van der Waals surface area contributed by atoms with Crippen LogP contribution in [-0.4, -0.2) is 137 Å². The Labute approximate surface area is 408 Å². The summed E-state index contributed by atoms with van der Waals surface area (Å²) in [5.41, 5.74) is 2.74. The minimum Gasteiger partial charge on any atom is -0.488 e. The van der Waals surface area contributed by atoms with Crippen molar-refractivity contribution in [2.45, 2.75) is 180 Å². The van der Waals surface area contributed by atoms with Crippen LogP contribution in [0.25, 0.3) is 10.9 Å². The molecule has 4 heterocycles. The molecule has 3 aliphatic heterocycles. The van der Waals surface area contributed by atoms with Gasteiger partial charge in [0.1, 0.15) is 35.9 Å². The maximum absolute atomic E-state index is 14.6. The number of carbonyl (C=O) groups is 4. The standard InChI is InChI=1S/C54H80N2O13/c1-10-38-25-32(2)24-33(3)26-47(65-8)50-48(66-9)28-35(5)54(63,69-50)51(60)52(61)56-21-12-11-14-42(56)53(62)68-49(36(6)43(58)31-44(38)59)34(4)27-37-15-18-45(46(29-37)64-7)67-40-16-17-41-39(30-40)19-22-55(41)20-13-23-57/h16-17,19,22,25,27,30,33,35-38,42-43,45-50,57-58,63H,10-15,18,20-21,23-24,26,28-29,31H2,1-9H3/b32-25+,34-27?. The quantitative estimate of drug-likeness (QED) is 0.120. The first-order valence-electron chi connectivity index (χ1n) is 25.4. The summed E-state index contributed by atoms with van der Waals surface area (Å²) in [7, 11) is 4.75. The van der Waals surface area contributed by atoms with E-state index in [1.165, 1.54) is 19.1 Å². The van der Waals surface area contributed by atoms with Crippen LogP contribution < -0.4 is 4.74 Å². The van der Waals surface area contributed by atoms with Crippen LogP contribution in [0.5, 0.6) is 5.75 Å². The van der Waals surface area contributed by atoms with Gasteiger partial charge in [0, 0.05) is 82.3 Å². The first-order valence-corrected chi connectivity index (χ1v) is 25.4. The number of Topliss-reactive ketones (excluding diaryl/α,β-unsaturated/α-hetero) is 2. The molecule has 1 amide bonds. The monoisotopic (exact) mass is 965 g/mol. The van der Waals surface area contributed by atoms with Crippen molar-refractivity contribution in [2.75, 3.05) is 34.5 Å². The summed E-state index contributed by atoms with van der Waals surface area (Å²) in [5.74, 6) is -6.83. The lowest BCUT2D eigenvalue weighted by molar-refractivity contribution is -0.302. The fraction of sp³-hybridized carbons (Fsp3) is 0.704. The van der Waals surface area contributed by atoms with E-state index in [4.69, 9.17) is 28.4 Å². The lowest BCUT2D eigenvalue weighted by Crippen LogP contribution is -2.64. The molecule has 6 rings (SSSR count). The fourth-order valence-electron chi connectivity index (χ4n) is 11.4. The fourth-order valence-corrected chi connectivity index (χ4v) is 11.4. The maximum atomic E-state index is 14.6. The van der Waals surface area contributed by atoms with E-state index < -0.39 is 77.8 Å². The third-order valence-electron chi connectivity index (χ3n) is 15.5. The number of fused-ring (bicyclic) bond motifs is 4. The second kappa shape index (κ2) is 24.4. The van der Waals surface area contributed by atoms with Crippen molar-refractivity contribution in [3.63, 3.8) is 0 Å². The molecule has 15 nitrogen and oxygen atoms in total. The summed E-state index contributed by atoms with van der Waals surface area (Å²) in [5, 5.41) is 34.4. The molecule has 3 N–H and O–H groups in total. The molecule has 3 fully saturated rings. The van der Waals surface area contributed by atoms with Crippen molar-refractivity contribution < 1.29 is 62.9 Å². The molecule has 2 aromatic rings. The molecule has 1 saturated carbocycles. The molecule has 2 saturated heterocycles. The molecule has 384 valence electrons. The molecular formula is C54H80N2O13. The van der Waals surface area contributed by atoms with Crippen LogP contribution in [0.1, 0.15) is 119 Å². The summed E-state index contributed by atoms with van der Waals surface area (Å²) in [4.78, 5) is 58.6. The molecule has 14 unspecified atom stereocenters. The van der Waals surface area contributed by atoms with Crippen LogP contribution in [0, 0.1) is 29.6 Å².